The topological polar surface area (TPSA) is 69.7 Å². The summed E-state index contributed by atoms with van der Waals surface area (Å²) in [5.74, 6) is 0.437. The van der Waals surface area contributed by atoms with Crippen LogP contribution in [0.4, 0.5) is 0 Å². The maximum absolute atomic E-state index is 10.9. The van der Waals surface area contributed by atoms with Crippen molar-refractivity contribution in [1.82, 2.24) is 0 Å². The van der Waals surface area contributed by atoms with E-state index in [2.05, 4.69) is 11.7 Å². The molecule has 0 aliphatic rings. The van der Waals surface area contributed by atoms with Gasteiger partial charge in [0.15, 0.2) is 0 Å². The minimum atomic E-state index is -2.82. The first-order chi connectivity index (χ1) is 11.1. The molecule has 5 nitrogen and oxygen atoms in total. The van der Waals surface area contributed by atoms with Crippen LogP contribution in [0.15, 0.2) is 11.8 Å². The van der Waals surface area contributed by atoms with Gasteiger partial charge in [-0.1, -0.05) is 45.4 Å². The fourth-order valence-corrected chi connectivity index (χ4v) is 2.67. The summed E-state index contributed by atoms with van der Waals surface area (Å²) >= 11 is 0. The van der Waals surface area contributed by atoms with Crippen molar-refractivity contribution in [1.29, 1.82) is 0 Å². The molecule has 0 N–H and O–H groups in total. The number of esters is 1. The molecule has 0 aromatic carbocycles. The van der Waals surface area contributed by atoms with Gasteiger partial charge in [-0.2, -0.15) is 8.42 Å². The number of methoxy groups -OCH3 is 1. The van der Waals surface area contributed by atoms with E-state index in [4.69, 9.17) is 4.18 Å². The first-order valence-corrected chi connectivity index (χ1v) is 9.77. The van der Waals surface area contributed by atoms with Gasteiger partial charge in [-0.15, -0.1) is 0 Å². The van der Waals surface area contributed by atoms with Crippen molar-refractivity contribution < 1.29 is 22.1 Å². The lowest BCUT2D eigenvalue weighted by molar-refractivity contribution is -0.140. The third kappa shape index (κ3) is 15.6. The number of hydrogen-bond acceptors (Lipinski definition) is 5. The summed E-state index contributed by atoms with van der Waals surface area (Å²) < 4.78 is 30.9. The van der Waals surface area contributed by atoms with Gasteiger partial charge in [-0.3, -0.25) is 4.79 Å². The molecule has 0 radical (unpaired) electrons. The molecule has 0 saturated carbocycles. The summed E-state index contributed by atoms with van der Waals surface area (Å²) in [5.41, 5.74) is 0. The average Bonchev–Trinajstić information content (AvgIpc) is 2.52. The Bertz CT molecular complexity index is 394. The molecule has 0 amide bonds. The number of unbranched alkanes of at least 4 members (excludes halogenated alkanes) is 8. The van der Waals surface area contributed by atoms with E-state index in [1.807, 2.05) is 6.08 Å². The van der Waals surface area contributed by atoms with Crippen molar-refractivity contribution in [3.05, 3.63) is 11.8 Å². The van der Waals surface area contributed by atoms with Crippen LogP contribution in [-0.2, 0) is 24.7 Å². The molecule has 0 spiro atoms. The Morgan fingerprint density at radius 1 is 0.913 bits per heavy atom. The second kappa shape index (κ2) is 15.8. The number of allylic oxidation sites excluding steroid dienone is 2. The predicted octanol–water partition coefficient (Wildman–Crippen LogP) is 4.29. The summed E-state index contributed by atoms with van der Waals surface area (Å²) in [4.78, 5) is 10.9. The van der Waals surface area contributed by atoms with Gasteiger partial charge in [0.2, 0.25) is 0 Å². The van der Waals surface area contributed by atoms with Crippen molar-refractivity contribution in [3.63, 3.8) is 0 Å². The molecular formula is C17H32O5S. The molecule has 0 fully saturated rings. The first kappa shape index (κ1) is 22.0. The zero-order valence-electron chi connectivity index (χ0n) is 14.6. The Morgan fingerprint density at radius 2 is 1.52 bits per heavy atom. The largest absolute Gasteiger partial charge is 0.469 e. The number of ether oxygens (including phenoxy) is 1. The highest BCUT2D eigenvalue weighted by molar-refractivity contribution is 7.67. The van der Waals surface area contributed by atoms with E-state index < -0.39 is 11.0 Å². The van der Waals surface area contributed by atoms with E-state index >= 15 is 0 Å². The molecule has 136 valence electrons. The molecule has 6 heteroatoms. The minimum absolute atomic E-state index is 0.149. The molecule has 0 aromatic heterocycles. The molecule has 0 aromatic rings. The molecule has 0 aliphatic carbocycles. The van der Waals surface area contributed by atoms with Gasteiger partial charge in [0.25, 0.3) is 11.0 Å². The van der Waals surface area contributed by atoms with E-state index in [0.717, 1.165) is 57.8 Å². The van der Waals surface area contributed by atoms with Gasteiger partial charge in [-0.05, 0) is 31.8 Å². The Kier molecular flexibility index (Phi) is 15.1. The molecule has 0 aliphatic heterocycles. The Balaban J connectivity index is 3.80. The molecule has 0 saturated heterocycles. The maximum atomic E-state index is 10.9. The maximum Gasteiger partial charge on any atom is 0.305 e. The second-order valence-corrected chi connectivity index (χ2v) is 6.31. The third-order valence-corrected chi connectivity index (χ3v) is 4.04. The average molecular weight is 349 g/mol. The van der Waals surface area contributed by atoms with Crippen molar-refractivity contribution in [2.45, 2.75) is 84.0 Å². The summed E-state index contributed by atoms with van der Waals surface area (Å²) in [6, 6.07) is 0. The highest BCUT2D eigenvalue weighted by Gasteiger charge is 2.01. The summed E-state index contributed by atoms with van der Waals surface area (Å²) in [6.07, 6.45) is 13.4. The second-order valence-electron chi connectivity index (χ2n) is 5.68. The van der Waals surface area contributed by atoms with Crippen LogP contribution in [-0.4, -0.2) is 21.5 Å². The molecule has 0 bridgehead atoms. The Labute approximate surface area is 142 Å². The van der Waals surface area contributed by atoms with Crippen LogP contribution in [0, 0.1) is 0 Å². The van der Waals surface area contributed by atoms with Gasteiger partial charge in [0.1, 0.15) is 5.76 Å². The van der Waals surface area contributed by atoms with E-state index in [0.29, 0.717) is 18.6 Å². The summed E-state index contributed by atoms with van der Waals surface area (Å²) in [6.45, 7) is 2.15. The Hall–Kier alpha value is -1.04. The number of carbonyl (C=O) groups excluding carboxylic acids is 1. The number of hydrogen-bond donors (Lipinski definition) is 1. The first-order valence-electron chi connectivity index (χ1n) is 8.68. The van der Waals surface area contributed by atoms with Crippen LogP contribution >= 0.6 is 0 Å². The molecule has 0 atom stereocenters. The molecular weight excluding hydrogens is 316 g/mol. The number of carbonyl (C=O) groups is 1. The molecule has 0 rings (SSSR count). The molecule has 0 heterocycles. The Morgan fingerprint density at radius 3 is 2.17 bits per heavy atom. The van der Waals surface area contributed by atoms with Gasteiger partial charge in [0.05, 0.1) is 7.11 Å². The van der Waals surface area contributed by atoms with E-state index in [1.54, 1.807) is 0 Å². The van der Waals surface area contributed by atoms with E-state index in [1.165, 1.54) is 13.5 Å². The van der Waals surface area contributed by atoms with Crippen LogP contribution in [0.1, 0.15) is 84.0 Å². The third-order valence-electron chi connectivity index (χ3n) is 3.65. The van der Waals surface area contributed by atoms with Gasteiger partial charge in [-0.25, -0.2) is 0 Å². The standard InChI is InChI=1S/C17H32O5S/c1-3-4-5-10-13-16(22-23(19)20)14-11-8-6-7-9-12-15-17(18)21-2/h14,23H,3-13,15H2,1-2H3/b16-14+. The smallest absolute Gasteiger partial charge is 0.305 e. The summed E-state index contributed by atoms with van der Waals surface area (Å²) in [7, 11) is -1.41. The van der Waals surface area contributed by atoms with Crippen LogP contribution in [0.5, 0.6) is 0 Å². The normalized spacial score (nSPS) is 11.7. The van der Waals surface area contributed by atoms with Crippen molar-refractivity contribution in [3.8, 4) is 0 Å². The predicted molar refractivity (Wildman–Crippen MR) is 92.6 cm³/mol. The van der Waals surface area contributed by atoms with Crippen LogP contribution in [0.25, 0.3) is 0 Å². The molecule has 0 unspecified atom stereocenters. The lowest BCUT2D eigenvalue weighted by Gasteiger charge is -2.05. The quantitative estimate of drug-likeness (QED) is 0.207. The highest BCUT2D eigenvalue weighted by atomic mass is 32.2. The number of rotatable bonds is 15. The van der Waals surface area contributed by atoms with Crippen LogP contribution in [0.3, 0.4) is 0 Å². The van der Waals surface area contributed by atoms with Gasteiger partial charge < -0.3 is 8.92 Å². The van der Waals surface area contributed by atoms with Crippen molar-refractivity contribution >= 4 is 17.0 Å². The SMILES string of the molecule is CCCCCC/C(=C\CCCCCCCC(=O)OC)O[SH](=O)=O. The monoisotopic (exact) mass is 348 g/mol. The van der Waals surface area contributed by atoms with Crippen molar-refractivity contribution in [2.75, 3.05) is 7.11 Å². The zero-order chi connectivity index (χ0) is 17.3. The van der Waals surface area contributed by atoms with Crippen LogP contribution < -0.4 is 0 Å². The fourth-order valence-electron chi connectivity index (χ4n) is 2.32. The van der Waals surface area contributed by atoms with E-state index in [-0.39, 0.29) is 5.97 Å². The highest BCUT2D eigenvalue weighted by Crippen LogP contribution is 2.14. The van der Waals surface area contributed by atoms with Gasteiger partial charge in [0, 0.05) is 12.8 Å². The lowest BCUT2D eigenvalue weighted by atomic mass is 10.1. The lowest BCUT2D eigenvalue weighted by Crippen LogP contribution is -1.99. The molecule has 23 heavy (non-hydrogen) atoms. The minimum Gasteiger partial charge on any atom is -0.469 e. The van der Waals surface area contributed by atoms with Gasteiger partial charge >= 0.3 is 5.97 Å². The fraction of sp³-hybridized carbons (Fsp3) is 0.824. The van der Waals surface area contributed by atoms with Crippen molar-refractivity contribution in [2.24, 2.45) is 0 Å². The zero-order valence-corrected chi connectivity index (χ0v) is 15.4. The summed E-state index contributed by atoms with van der Waals surface area (Å²) in [5, 5.41) is 0. The number of thiol groups is 1. The van der Waals surface area contributed by atoms with Crippen LogP contribution in [0.2, 0.25) is 0 Å². The van der Waals surface area contributed by atoms with E-state index in [9.17, 15) is 13.2 Å².